The number of hydrogen-bond donors (Lipinski definition) is 1. The first-order chi connectivity index (χ1) is 13.7. The zero-order chi connectivity index (χ0) is 21.1. The van der Waals surface area contributed by atoms with Crippen molar-refractivity contribution in [3.63, 3.8) is 0 Å². The summed E-state index contributed by atoms with van der Waals surface area (Å²) in [7, 11) is 3.88. The van der Waals surface area contributed by atoms with E-state index in [4.69, 9.17) is 0 Å². The average Bonchev–Trinajstić information content (AvgIpc) is 2.67. The van der Waals surface area contributed by atoms with Crippen molar-refractivity contribution < 1.29 is 9.18 Å². The maximum absolute atomic E-state index is 13.6. The summed E-state index contributed by atoms with van der Waals surface area (Å²) >= 11 is 0. The fraction of sp³-hybridized carbons (Fsp3) is 0.227. The number of amides is 1. The van der Waals surface area contributed by atoms with E-state index in [1.165, 1.54) is 18.2 Å². The quantitative estimate of drug-likeness (QED) is 0.718. The van der Waals surface area contributed by atoms with Gasteiger partial charge in [-0.2, -0.15) is 5.10 Å². The summed E-state index contributed by atoms with van der Waals surface area (Å²) in [4.78, 5) is 26.9. The van der Waals surface area contributed by atoms with Crippen LogP contribution in [0.5, 0.6) is 0 Å². The number of anilines is 2. The molecule has 0 aliphatic heterocycles. The maximum Gasteiger partial charge on any atom is 0.267 e. The Morgan fingerprint density at radius 2 is 1.90 bits per heavy atom. The van der Waals surface area contributed by atoms with Gasteiger partial charge < -0.3 is 10.2 Å². The number of nitrogens with zero attached hydrogens (tertiary/aromatic N) is 3. The van der Waals surface area contributed by atoms with Crippen LogP contribution in [0.3, 0.4) is 0 Å². The van der Waals surface area contributed by atoms with E-state index >= 15 is 0 Å². The van der Waals surface area contributed by atoms with Gasteiger partial charge in [0.05, 0.1) is 5.69 Å². The Bertz CT molecular complexity index is 1090. The highest BCUT2D eigenvalue weighted by atomic mass is 19.1. The number of aryl methyl sites for hydroxylation is 1. The number of carbonyl (C=O) groups is 1. The van der Waals surface area contributed by atoms with Gasteiger partial charge in [0.1, 0.15) is 11.9 Å². The van der Waals surface area contributed by atoms with Crippen LogP contribution >= 0.6 is 0 Å². The molecule has 29 heavy (non-hydrogen) atoms. The molecule has 3 aromatic rings. The van der Waals surface area contributed by atoms with Crippen molar-refractivity contribution in [3.05, 3.63) is 76.3 Å². The Labute approximate surface area is 168 Å². The Kier molecular flexibility index (Phi) is 5.77. The molecule has 0 fully saturated rings. The van der Waals surface area contributed by atoms with Crippen molar-refractivity contribution in [3.8, 4) is 11.3 Å². The molecule has 1 N–H and O–H groups in total. The van der Waals surface area contributed by atoms with Gasteiger partial charge in [0.25, 0.3) is 5.56 Å². The standard InChI is InChI=1S/C22H23FN4O2/c1-14-10-17(23)13-18(11-14)24-22(29)15(2)27-21(28)9-8-20(25-27)16-6-5-7-19(12-16)26(3)4/h5-13,15H,1-4H3,(H,24,29). The maximum atomic E-state index is 13.6. The van der Waals surface area contributed by atoms with Gasteiger partial charge in [-0.3, -0.25) is 9.59 Å². The first-order valence-corrected chi connectivity index (χ1v) is 9.20. The first kappa shape index (κ1) is 20.3. The molecular weight excluding hydrogens is 371 g/mol. The predicted molar refractivity (Wildman–Crippen MR) is 113 cm³/mol. The van der Waals surface area contributed by atoms with Gasteiger partial charge in [-0.05, 0) is 55.8 Å². The van der Waals surface area contributed by atoms with Crippen molar-refractivity contribution in [2.24, 2.45) is 0 Å². The SMILES string of the molecule is Cc1cc(F)cc(NC(=O)C(C)n2nc(-c3cccc(N(C)C)c3)ccc2=O)c1. The molecule has 1 atom stereocenters. The molecule has 0 saturated carbocycles. The molecule has 6 nitrogen and oxygen atoms in total. The number of aromatic nitrogens is 2. The fourth-order valence-electron chi connectivity index (χ4n) is 2.97. The lowest BCUT2D eigenvalue weighted by molar-refractivity contribution is -0.119. The van der Waals surface area contributed by atoms with E-state index < -0.39 is 23.3 Å². The molecule has 1 unspecified atom stereocenters. The predicted octanol–water partition coefficient (Wildman–Crippen LogP) is 3.62. The lowest BCUT2D eigenvalue weighted by Crippen LogP contribution is -2.33. The first-order valence-electron chi connectivity index (χ1n) is 9.20. The average molecular weight is 394 g/mol. The number of nitrogens with one attached hydrogen (secondary N) is 1. The molecule has 0 saturated heterocycles. The molecule has 1 heterocycles. The summed E-state index contributed by atoms with van der Waals surface area (Å²) in [5, 5.41) is 7.04. The minimum absolute atomic E-state index is 0.335. The van der Waals surface area contributed by atoms with Crippen LogP contribution in [0, 0.1) is 12.7 Å². The van der Waals surface area contributed by atoms with Gasteiger partial charge in [0.15, 0.2) is 0 Å². The zero-order valence-corrected chi connectivity index (χ0v) is 16.8. The van der Waals surface area contributed by atoms with E-state index in [0.29, 0.717) is 16.9 Å². The van der Waals surface area contributed by atoms with Crippen LogP contribution < -0.4 is 15.8 Å². The third kappa shape index (κ3) is 4.68. The van der Waals surface area contributed by atoms with Crippen LogP contribution in [0.4, 0.5) is 15.8 Å². The fourth-order valence-corrected chi connectivity index (χ4v) is 2.97. The molecule has 150 valence electrons. The van der Waals surface area contributed by atoms with Crippen LogP contribution in [-0.4, -0.2) is 29.8 Å². The monoisotopic (exact) mass is 394 g/mol. The van der Waals surface area contributed by atoms with Crippen LogP contribution in [0.15, 0.2) is 59.4 Å². The Morgan fingerprint density at radius 3 is 2.59 bits per heavy atom. The van der Waals surface area contributed by atoms with Crippen molar-refractivity contribution in [1.29, 1.82) is 0 Å². The number of benzene rings is 2. The Balaban J connectivity index is 1.90. The number of carbonyl (C=O) groups excluding carboxylic acids is 1. The second-order valence-electron chi connectivity index (χ2n) is 7.13. The molecule has 1 aromatic heterocycles. The highest BCUT2D eigenvalue weighted by molar-refractivity contribution is 5.93. The van der Waals surface area contributed by atoms with Crippen LogP contribution in [0.25, 0.3) is 11.3 Å². The van der Waals surface area contributed by atoms with E-state index in [0.717, 1.165) is 15.9 Å². The molecule has 0 bridgehead atoms. The summed E-state index contributed by atoms with van der Waals surface area (Å²) in [6.45, 7) is 3.31. The molecule has 7 heteroatoms. The largest absolute Gasteiger partial charge is 0.378 e. The van der Waals surface area contributed by atoms with Gasteiger partial charge in [-0.25, -0.2) is 9.07 Å². The van der Waals surface area contributed by atoms with Gasteiger partial charge in [-0.15, -0.1) is 0 Å². The van der Waals surface area contributed by atoms with Crippen LogP contribution in [0.1, 0.15) is 18.5 Å². The van der Waals surface area contributed by atoms with Gasteiger partial charge in [0.2, 0.25) is 5.91 Å². The molecule has 1 amide bonds. The normalized spacial score (nSPS) is 11.8. The van der Waals surface area contributed by atoms with Gasteiger partial charge >= 0.3 is 0 Å². The highest BCUT2D eigenvalue weighted by Crippen LogP contribution is 2.22. The molecule has 2 aromatic carbocycles. The van der Waals surface area contributed by atoms with Crippen molar-refractivity contribution in [1.82, 2.24) is 9.78 Å². The van der Waals surface area contributed by atoms with E-state index in [9.17, 15) is 14.0 Å². The van der Waals surface area contributed by atoms with E-state index in [1.54, 1.807) is 26.0 Å². The summed E-state index contributed by atoms with van der Waals surface area (Å²) in [6.07, 6.45) is 0. The van der Waals surface area contributed by atoms with Gasteiger partial charge in [-0.1, -0.05) is 12.1 Å². The third-order valence-corrected chi connectivity index (χ3v) is 4.54. The van der Waals surface area contributed by atoms with E-state index in [1.807, 2.05) is 43.3 Å². The van der Waals surface area contributed by atoms with Crippen molar-refractivity contribution in [2.45, 2.75) is 19.9 Å². The summed E-state index contributed by atoms with van der Waals surface area (Å²) in [5.74, 6) is -0.894. The second kappa shape index (κ2) is 8.26. The van der Waals surface area contributed by atoms with E-state index in [2.05, 4.69) is 10.4 Å². The molecule has 0 radical (unpaired) electrons. The zero-order valence-electron chi connectivity index (χ0n) is 16.8. The lowest BCUT2D eigenvalue weighted by atomic mass is 10.1. The highest BCUT2D eigenvalue weighted by Gasteiger charge is 2.19. The Hall–Kier alpha value is -3.48. The summed E-state index contributed by atoms with van der Waals surface area (Å²) < 4.78 is 14.7. The number of rotatable bonds is 5. The molecule has 0 aliphatic carbocycles. The minimum atomic E-state index is -0.872. The smallest absolute Gasteiger partial charge is 0.267 e. The molecule has 0 aliphatic rings. The van der Waals surface area contributed by atoms with Crippen LogP contribution in [-0.2, 0) is 4.79 Å². The van der Waals surface area contributed by atoms with Crippen molar-refractivity contribution in [2.75, 3.05) is 24.3 Å². The second-order valence-corrected chi connectivity index (χ2v) is 7.13. The Morgan fingerprint density at radius 1 is 1.14 bits per heavy atom. The van der Waals surface area contributed by atoms with Crippen molar-refractivity contribution >= 4 is 17.3 Å². The molecule has 3 rings (SSSR count). The topological polar surface area (TPSA) is 67.2 Å². The molecule has 0 spiro atoms. The van der Waals surface area contributed by atoms with E-state index in [-0.39, 0.29) is 0 Å². The minimum Gasteiger partial charge on any atom is -0.378 e. The number of hydrogen-bond acceptors (Lipinski definition) is 4. The van der Waals surface area contributed by atoms with Gasteiger partial charge in [0, 0.05) is 37.1 Å². The summed E-state index contributed by atoms with van der Waals surface area (Å²) in [5.41, 5.74) is 3.03. The summed E-state index contributed by atoms with van der Waals surface area (Å²) in [6, 6.07) is 14.1. The lowest BCUT2D eigenvalue weighted by Gasteiger charge is -2.16. The number of halogens is 1. The van der Waals surface area contributed by atoms with Crippen LogP contribution in [0.2, 0.25) is 0 Å². The third-order valence-electron chi connectivity index (χ3n) is 4.54. The molecular formula is C22H23FN4O2.